The third-order valence-corrected chi connectivity index (χ3v) is 14.1. The highest BCUT2D eigenvalue weighted by Crippen LogP contribution is 2.51. The van der Waals surface area contributed by atoms with Crippen LogP contribution in [0.2, 0.25) is 10.0 Å². The van der Waals surface area contributed by atoms with Crippen LogP contribution in [0.25, 0.3) is 0 Å². The van der Waals surface area contributed by atoms with Crippen molar-refractivity contribution in [2.75, 3.05) is 75.4 Å². The van der Waals surface area contributed by atoms with E-state index in [0.717, 1.165) is 139 Å². The lowest BCUT2D eigenvalue weighted by molar-refractivity contribution is -0.137. The lowest BCUT2D eigenvalue weighted by atomic mass is 9.90. The summed E-state index contributed by atoms with van der Waals surface area (Å²) in [6.07, 6.45) is 24.8. The number of piperidine rings is 4. The zero-order valence-corrected chi connectivity index (χ0v) is 38.3. The van der Waals surface area contributed by atoms with Gasteiger partial charge in [-0.15, -0.1) is 0 Å². The Balaban J connectivity index is 0.000000182. The molecule has 2 aromatic heterocycles. The van der Waals surface area contributed by atoms with E-state index < -0.39 is 5.97 Å². The molecule has 6 fully saturated rings. The Morgan fingerprint density at radius 3 is 1.48 bits per heavy atom. The third kappa shape index (κ3) is 15.7. The van der Waals surface area contributed by atoms with Crippen LogP contribution in [0.4, 0.5) is 11.9 Å². The fourth-order valence-corrected chi connectivity index (χ4v) is 10.1. The van der Waals surface area contributed by atoms with E-state index in [0.29, 0.717) is 41.0 Å². The maximum atomic E-state index is 12.0. The van der Waals surface area contributed by atoms with Gasteiger partial charge in [0.05, 0.1) is 47.0 Å². The van der Waals surface area contributed by atoms with Crippen molar-refractivity contribution in [2.45, 2.75) is 129 Å². The average Bonchev–Trinajstić information content (AvgIpc) is 4.23. The number of amides is 1. The molecule has 0 radical (unpaired) electrons. The highest BCUT2D eigenvalue weighted by Gasteiger charge is 2.44. The Bertz CT molecular complexity index is 1580. The first-order valence-electron chi connectivity index (χ1n) is 23.6. The highest BCUT2D eigenvalue weighted by atomic mass is 35.5. The lowest BCUT2D eigenvalue weighted by Crippen LogP contribution is -2.40. The summed E-state index contributed by atoms with van der Waals surface area (Å²) in [6, 6.07) is 0. The molecule has 8 rings (SSSR count). The van der Waals surface area contributed by atoms with Crippen molar-refractivity contribution < 1.29 is 24.2 Å². The van der Waals surface area contributed by atoms with Crippen LogP contribution in [0.5, 0.6) is 0 Å². The standard InChI is InChI=1S/C23H35ClN4O2.C19H29ClN4O.C4H8O2/c1-2-3-22(29)27-11-6-20(7-12-27)30-13-8-18-14-21(18)17-4-9-28(10-5-17)23-25-15-19(24)16-26-23;20-16-12-22-19(23-13-16)24-8-3-14(4-9-24)18-11-15(18)5-10-25-17-1-6-21-7-2-17;1-2-3-4(5)6/h15-18,20-21H,2-14H2,1H3;12-15,17-18,21H,1-11H2;2-3H2,1H3,(H,5,6)/t18-,21-;15-,18-;/m11./s1. The van der Waals surface area contributed by atoms with Crippen LogP contribution in [0.1, 0.15) is 117 Å². The molecule has 6 aliphatic rings. The number of anilines is 2. The van der Waals surface area contributed by atoms with Gasteiger partial charge in [0.25, 0.3) is 0 Å². The molecular formula is C46H72Cl2N8O5. The summed E-state index contributed by atoms with van der Waals surface area (Å²) in [4.78, 5) is 45.6. The number of nitrogens with one attached hydrogen (secondary N) is 1. The zero-order valence-electron chi connectivity index (χ0n) is 36.8. The van der Waals surface area contributed by atoms with Gasteiger partial charge in [0, 0.05) is 65.3 Å². The van der Waals surface area contributed by atoms with Crippen molar-refractivity contribution in [2.24, 2.45) is 35.5 Å². The zero-order chi connectivity index (χ0) is 43.0. The Hall–Kier alpha value is -2.84. The van der Waals surface area contributed by atoms with Crippen LogP contribution in [0.15, 0.2) is 24.8 Å². The first-order valence-corrected chi connectivity index (χ1v) is 24.3. The number of nitrogens with zero attached hydrogens (tertiary/aromatic N) is 7. The topological polar surface area (TPSA) is 146 Å². The number of hydrogen-bond acceptors (Lipinski definition) is 11. The number of rotatable bonds is 16. The van der Waals surface area contributed by atoms with Crippen molar-refractivity contribution in [1.29, 1.82) is 0 Å². The predicted molar refractivity (Wildman–Crippen MR) is 241 cm³/mol. The largest absolute Gasteiger partial charge is 0.481 e. The minimum absolute atomic E-state index is 0.292. The molecule has 4 saturated heterocycles. The van der Waals surface area contributed by atoms with Gasteiger partial charge in [0.2, 0.25) is 17.8 Å². The summed E-state index contributed by atoms with van der Waals surface area (Å²) in [5, 5.41) is 12.5. The Kier molecular flexibility index (Phi) is 19.4. The van der Waals surface area contributed by atoms with Crippen LogP contribution >= 0.6 is 23.2 Å². The minimum atomic E-state index is -0.711. The van der Waals surface area contributed by atoms with Gasteiger partial charge < -0.3 is 34.6 Å². The molecule has 2 saturated carbocycles. The summed E-state index contributed by atoms with van der Waals surface area (Å²) in [5.74, 6) is 6.53. The number of carboxylic acids is 1. The molecular weight excluding hydrogens is 815 g/mol. The number of carboxylic acid groups (broad SMARTS) is 1. The van der Waals surface area contributed by atoms with Crippen LogP contribution < -0.4 is 15.1 Å². The Morgan fingerprint density at radius 2 is 1.08 bits per heavy atom. The van der Waals surface area contributed by atoms with E-state index >= 15 is 0 Å². The minimum Gasteiger partial charge on any atom is -0.481 e. The molecule has 2 N–H and O–H groups in total. The first-order chi connectivity index (χ1) is 29.7. The third-order valence-electron chi connectivity index (χ3n) is 13.7. The fourth-order valence-electron chi connectivity index (χ4n) is 9.95. The van der Waals surface area contributed by atoms with Gasteiger partial charge >= 0.3 is 5.97 Å². The van der Waals surface area contributed by atoms with E-state index in [-0.39, 0.29) is 0 Å². The van der Waals surface area contributed by atoms with Crippen molar-refractivity contribution in [1.82, 2.24) is 30.2 Å². The van der Waals surface area contributed by atoms with Crippen LogP contribution in [-0.2, 0) is 19.1 Å². The average molecular weight is 888 g/mol. The normalized spacial score (nSPS) is 25.0. The Morgan fingerprint density at radius 1 is 0.656 bits per heavy atom. The van der Waals surface area contributed by atoms with Gasteiger partial charge in [-0.3, -0.25) is 9.59 Å². The summed E-state index contributed by atoms with van der Waals surface area (Å²) >= 11 is 11.8. The molecule has 4 atom stereocenters. The molecule has 15 heteroatoms. The molecule has 0 aromatic carbocycles. The smallest absolute Gasteiger partial charge is 0.303 e. The number of carbonyl (C=O) groups is 2. The van der Waals surface area contributed by atoms with Crippen molar-refractivity contribution >= 4 is 47.0 Å². The van der Waals surface area contributed by atoms with Gasteiger partial charge in [-0.1, -0.05) is 37.0 Å². The van der Waals surface area contributed by atoms with E-state index in [1.165, 1.54) is 64.2 Å². The fraction of sp³-hybridized carbons (Fsp3) is 0.783. The molecule has 0 bridgehead atoms. The number of aromatic nitrogens is 4. The quantitative estimate of drug-likeness (QED) is 0.168. The van der Waals surface area contributed by atoms with Gasteiger partial charge in [-0.25, -0.2) is 19.9 Å². The molecule has 1 amide bonds. The first kappa shape index (κ1) is 47.6. The SMILES string of the molecule is CCCC(=O)N1CCC(OCC[C@@H]2C[C@@H]2C2CCN(c3ncc(Cl)cn3)CC2)CC1.CCCC(=O)O.Clc1cnc(N2CCC([C@H]3C[C@H]3CCOC3CCNCC3)CC2)nc1. The second-order valence-electron chi connectivity index (χ2n) is 18.1. The summed E-state index contributed by atoms with van der Waals surface area (Å²) in [7, 11) is 0. The lowest BCUT2D eigenvalue weighted by Gasteiger charge is -2.32. The number of halogens is 2. The van der Waals surface area contributed by atoms with E-state index in [2.05, 4.69) is 42.0 Å². The van der Waals surface area contributed by atoms with Gasteiger partial charge in [0.1, 0.15) is 0 Å². The monoisotopic (exact) mass is 887 g/mol. The van der Waals surface area contributed by atoms with E-state index in [9.17, 15) is 9.59 Å². The van der Waals surface area contributed by atoms with Crippen LogP contribution in [0.3, 0.4) is 0 Å². The van der Waals surface area contributed by atoms with Gasteiger partial charge in [-0.05, 0) is 138 Å². The number of likely N-dealkylation sites (tertiary alicyclic amines) is 1. The maximum absolute atomic E-state index is 12.0. The second-order valence-corrected chi connectivity index (χ2v) is 19.0. The molecule has 6 heterocycles. The molecule has 61 heavy (non-hydrogen) atoms. The Labute approximate surface area is 374 Å². The summed E-state index contributed by atoms with van der Waals surface area (Å²) < 4.78 is 12.2. The predicted octanol–water partition coefficient (Wildman–Crippen LogP) is 8.19. The maximum Gasteiger partial charge on any atom is 0.303 e. The van der Waals surface area contributed by atoms with Crippen molar-refractivity contribution in [3.63, 3.8) is 0 Å². The molecule has 2 aliphatic carbocycles. The summed E-state index contributed by atoms with van der Waals surface area (Å²) in [5.41, 5.74) is 0. The van der Waals surface area contributed by atoms with E-state index in [1.54, 1.807) is 24.8 Å². The number of aliphatic carboxylic acids is 1. The molecule has 2 aromatic rings. The molecule has 0 unspecified atom stereocenters. The molecule has 4 aliphatic heterocycles. The summed E-state index contributed by atoms with van der Waals surface area (Å²) in [6.45, 7) is 13.9. The number of ether oxygens (including phenoxy) is 2. The number of hydrogen-bond donors (Lipinski definition) is 2. The van der Waals surface area contributed by atoms with Crippen LogP contribution in [0, 0.1) is 35.5 Å². The van der Waals surface area contributed by atoms with Crippen molar-refractivity contribution in [3.05, 3.63) is 34.8 Å². The van der Waals surface area contributed by atoms with Gasteiger partial charge in [-0.2, -0.15) is 0 Å². The van der Waals surface area contributed by atoms with Crippen LogP contribution in [-0.4, -0.2) is 120 Å². The van der Waals surface area contributed by atoms with E-state index in [4.69, 9.17) is 37.8 Å². The second kappa shape index (κ2) is 24.9. The molecule has 340 valence electrons. The molecule has 0 spiro atoms. The van der Waals surface area contributed by atoms with Gasteiger partial charge in [0.15, 0.2) is 0 Å². The van der Waals surface area contributed by atoms with E-state index in [1.807, 2.05) is 11.8 Å². The molecule has 13 nitrogen and oxygen atoms in total. The van der Waals surface area contributed by atoms with Crippen molar-refractivity contribution in [3.8, 4) is 0 Å². The number of carbonyl (C=O) groups excluding carboxylic acids is 1. The highest BCUT2D eigenvalue weighted by molar-refractivity contribution is 6.30.